The molecule has 3 aromatic rings. The molecule has 0 amide bonds. The molecule has 46 heavy (non-hydrogen) atoms. The normalized spacial score (nSPS) is 13.8. The van der Waals surface area contributed by atoms with E-state index in [-0.39, 0.29) is 13.0 Å². The van der Waals surface area contributed by atoms with Crippen molar-refractivity contribution >= 4 is 27.9 Å². The first-order valence-electron chi connectivity index (χ1n) is 15.7. The second-order valence-corrected chi connectivity index (χ2v) is 14.1. The number of nitrogens with two attached hydrogens (primary N) is 1. The fraction of sp³-hybridized carbons (Fsp3) is 0.441. The van der Waals surface area contributed by atoms with Crippen molar-refractivity contribution in [2.45, 2.75) is 76.1 Å². The van der Waals surface area contributed by atoms with Crippen LogP contribution in [0.5, 0.6) is 0 Å². The molecule has 0 aliphatic rings. The molecule has 0 heterocycles. The molecule has 0 aliphatic heterocycles. The minimum atomic E-state index is -3.84. The minimum absolute atomic E-state index is 0.0234. The van der Waals surface area contributed by atoms with Gasteiger partial charge >= 0.3 is 5.97 Å². The van der Waals surface area contributed by atoms with Gasteiger partial charge in [0.15, 0.2) is 0 Å². The minimum Gasteiger partial charge on any atom is -0.458 e. The predicted octanol–water partition coefficient (Wildman–Crippen LogP) is 5.22. The molecule has 12 heteroatoms. The van der Waals surface area contributed by atoms with Crippen molar-refractivity contribution in [3.05, 3.63) is 101 Å². The van der Waals surface area contributed by atoms with E-state index in [2.05, 4.69) is 23.0 Å². The molecule has 1 unspecified atom stereocenters. The first kappa shape index (κ1) is 37.6. The van der Waals surface area contributed by atoms with Crippen LogP contribution in [0.25, 0.3) is 0 Å². The van der Waals surface area contributed by atoms with E-state index in [9.17, 15) is 22.0 Å². The van der Waals surface area contributed by atoms with Gasteiger partial charge in [0.25, 0.3) is 0 Å². The van der Waals surface area contributed by atoms with Gasteiger partial charge < -0.3 is 15.8 Å². The van der Waals surface area contributed by atoms with E-state index in [1.54, 1.807) is 0 Å². The lowest BCUT2D eigenvalue weighted by molar-refractivity contribution is -0.151. The van der Waals surface area contributed by atoms with Crippen molar-refractivity contribution in [1.82, 2.24) is 14.3 Å². The molecule has 3 rings (SSSR count). The predicted molar refractivity (Wildman–Crippen MR) is 181 cm³/mol. The maximum Gasteiger partial charge on any atom is 0.325 e. The van der Waals surface area contributed by atoms with Crippen LogP contribution >= 0.6 is 11.9 Å². The summed E-state index contributed by atoms with van der Waals surface area (Å²) in [5, 5.41) is 3.29. The number of aryl methyl sites for hydroxylation is 1. The largest absolute Gasteiger partial charge is 0.458 e. The van der Waals surface area contributed by atoms with Gasteiger partial charge in [-0.2, -0.15) is 0 Å². The summed E-state index contributed by atoms with van der Waals surface area (Å²) in [6, 6.07) is 18.4. The van der Waals surface area contributed by atoms with Gasteiger partial charge in [-0.3, -0.25) is 4.79 Å². The van der Waals surface area contributed by atoms with Gasteiger partial charge in [-0.1, -0.05) is 63.2 Å². The molecule has 3 aromatic carbocycles. The highest BCUT2D eigenvalue weighted by Crippen LogP contribution is 2.18. The van der Waals surface area contributed by atoms with Crippen molar-refractivity contribution in [2.75, 3.05) is 25.4 Å². The van der Waals surface area contributed by atoms with E-state index < -0.39 is 51.6 Å². The molecular weight excluding hydrogens is 631 g/mol. The molecule has 0 saturated heterocycles. The maximum absolute atomic E-state index is 14.0. The summed E-state index contributed by atoms with van der Waals surface area (Å²) in [6.07, 6.45) is 1.23. The summed E-state index contributed by atoms with van der Waals surface area (Å²) >= 11 is 1.13. The van der Waals surface area contributed by atoms with E-state index in [1.165, 1.54) is 22.0 Å². The first-order chi connectivity index (χ1) is 22.0. The summed E-state index contributed by atoms with van der Waals surface area (Å²) in [7, 11) is -3.84. The van der Waals surface area contributed by atoms with Crippen LogP contribution in [0.1, 0.15) is 50.3 Å². The Morgan fingerprint density at radius 2 is 1.57 bits per heavy atom. The fourth-order valence-corrected chi connectivity index (χ4v) is 7.57. The van der Waals surface area contributed by atoms with Crippen molar-refractivity contribution in [3.8, 4) is 0 Å². The van der Waals surface area contributed by atoms with Crippen LogP contribution in [-0.2, 0) is 38.9 Å². The van der Waals surface area contributed by atoms with Crippen LogP contribution in [-0.4, -0.2) is 62.3 Å². The molecule has 0 fully saturated rings. The van der Waals surface area contributed by atoms with Gasteiger partial charge in [0, 0.05) is 43.2 Å². The number of rotatable bonds is 20. The number of nitrogens with zero attached hydrogens (tertiary/aromatic N) is 1. The van der Waals surface area contributed by atoms with Crippen LogP contribution in [0.15, 0.2) is 77.7 Å². The number of benzene rings is 3. The highest BCUT2D eigenvalue weighted by molar-refractivity contribution is 7.97. The third-order valence-corrected chi connectivity index (χ3v) is 10.1. The Kier molecular flexibility index (Phi) is 15.6. The highest BCUT2D eigenvalue weighted by atomic mass is 32.2. The van der Waals surface area contributed by atoms with Crippen LogP contribution < -0.4 is 15.8 Å². The van der Waals surface area contributed by atoms with Crippen molar-refractivity contribution in [2.24, 2.45) is 5.73 Å². The molecule has 0 aromatic heterocycles. The smallest absolute Gasteiger partial charge is 0.325 e. The number of carbonyl (C=O) groups excluding carboxylic acids is 1. The fourth-order valence-electron chi connectivity index (χ4n) is 4.95. The standard InChI is InChI=1S/C34H46F2N4O4S2/c1-4-15-40(16-5-2)46(42,43)24-32(39-45-30-13-8-7-9-14-30)34(41)44-33(23-38-22-26-12-10-11-25(6-3)17-26)31(37)20-27-18-28(35)21-29(36)19-27/h7-14,17-19,21,31-33,38-39H,4-6,15-16,20,22-24,37H2,1-3H3/t31-,32?,33+/m0/s1. The van der Waals surface area contributed by atoms with E-state index in [4.69, 9.17) is 10.5 Å². The lowest BCUT2D eigenvalue weighted by atomic mass is 10.0. The first-order valence-corrected chi connectivity index (χ1v) is 18.1. The molecule has 0 bridgehead atoms. The van der Waals surface area contributed by atoms with Crippen molar-refractivity contribution in [1.29, 1.82) is 0 Å². The highest BCUT2D eigenvalue weighted by Gasteiger charge is 2.33. The number of hydrogen-bond donors (Lipinski definition) is 3. The molecule has 252 valence electrons. The lowest BCUT2D eigenvalue weighted by Gasteiger charge is -2.28. The zero-order valence-corrected chi connectivity index (χ0v) is 28.4. The van der Waals surface area contributed by atoms with Gasteiger partial charge in [0.2, 0.25) is 10.0 Å². The summed E-state index contributed by atoms with van der Waals surface area (Å²) in [5.41, 5.74) is 9.05. The average molecular weight is 677 g/mol. The van der Waals surface area contributed by atoms with E-state index >= 15 is 0 Å². The molecule has 0 saturated carbocycles. The van der Waals surface area contributed by atoms with Crippen molar-refractivity contribution in [3.63, 3.8) is 0 Å². The molecule has 3 atom stereocenters. The Bertz CT molecular complexity index is 1450. The Morgan fingerprint density at radius 3 is 2.20 bits per heavy atom. The van der Waals surface area contributed by atoms with Crippen molar-refractivity contribution < 1.29 is 26.7 Å². The lowest BCUT2D eigenvalue weighted by Crippen LogP contribution is -2.50. The third kappa shape index (κ3) is 12.4. The summed E-state index contributed by atoms with van der Waals surface area (Å²) < 4.78 is 65.3. The molecule has 0 spiro atoms. The Labute approximate surface area is 276 Å². The number of carbonyl (C=O) groups is 1. The van der Waals surface area contributed by atoms with Crippen LogP contribution in [0.2, 0.25) is 0 Å². The summed E-state index contributed by atoms with van der Waals surface area (Å²) in [4.78, 5) is 14.6. The molecule has 0 radical (unpaired) electrons. The molecular formula is C34H46F2N4O4S2. The van der Waals surface area contributed by atoms with Gasteiger partial charge in [0.1, 0.15) is 23.8 Å². The second kappa shape index (κ2) is 19.1. The molecule has 8 nitrogen and oxygen atoms in total. The Hall–Kier alpha value is -2.87. The molecule has 4 N–H and O–H groups in total. The monoisotopic (exact) mass is 676 g/mol. The molecule has 0 aliphatic carbocycles. The second-order valence-electron chi connectivity index (χ2n) is 11.2. The van der Waals surface area contributed by atoms with Crippen LogP contribution in [0.3, 0.4) is 0 Å². The van der Waals surface area contributed by atoms with E-state index in [0.29, 0.717) is 38.0 Å². The van der Waals surface area contributed by atoms with Crippen LogP contribution in [0.4, 0.5) is 8.78 Å². The zero-order chi connectivity index (χ0) is 33.5. The quantitative estimate of drug-likeness (QED) is 0.110. The number of nitrogens with one attached hydrogen (secondary N) is 2. The van der Waals surface area contributed by atoms with E-state index in [1.807, 2.05) is 62.4 Å². The Morgan fingerprint density at radius 1 is 0.913 bits per heavy atom. The number of ether oxygens (including phenoxy) is 1. The maximum atomic E-state index is 14.0. The number of halogens is 2. The van der Waals surface area contributed by atoms with Gasteiger partial charge in [-0.25, -0.2) is 26.2 Å². The third-order valence-electron chi connectivity index (χ3n) is 7.28. The SMILES string of the molecule is CCCN(CCC)S(=O)(=O)CC(NSc1ccccc1)C(=O)O[C@H](CNCc1cccc(CC)c1)[C@@H](N)Cc1cc(F)cc(F)c1. The summed E-state index contributed by atoms with van der Waals surface area (Å²) in [6.45, 7) is 7.14. The number of hydrogen-bond acceptors (Lipinski definition) is 8. The van der Waals surface area contributed by atoms with E-state index in [0.717, 1.165) is 34.9 Å². The van der Waals surface area contributed by atoms with Gasteiger partial charge in [-0.15, -0.1) is 0 Å². The van der Waals surface area contributed by atoms with Crippen LogP contribution in [0, 0.1) is 11.6 Å². The van der Waals surface area contributed by atoms with Gasteiger partial charge in [-0.05, 0) is 78.6 Å². The Balaban J connectivity index is 1.84. The topological polar surface area (TPSA) is 114 Å². The number of sulfonamides is 1. The summed E-state index contributed by atoms with van der Waals surface area (Å²) in [5.74, 6) is -2.78. The zero-order valence-electron chi connectivity index (χ0n) is 26.8. The number of esters is 1. The van der Waals surface area contributed by atoms with Gasteiger partial charge in [0.05, 0.1) is 5.75 Å². The average Bonchev–Trinajstić information content (AvgIpc) is 3.02.